The summed E-state index contributed by atoms with van der Waals surface area (Å²) in [4.78, 5) is 30.8. The van der Waals surface area contributed by atoms with Crippen LogP contribution < -0.4 is 10.9 Å². The second kappa shape index (κ2) is 10.5. The van der Waals surface area contributed by atoms with Crippen molar-refractivity contribution in [3.8, 4) is 0 Å². The maximum absolute atomic E-state index is 13.1. The van der Waals surface area contributed by atoms with E-state index in [1.807, 2.05) is 32.0 Å². The van der Waals surface area contributed by atoms with Gasteiger partial charge in [-0.25, -0.2) is 4.98 Å². The summed E-state index contributed by atoms with van der Waals surface area (Å²) in [5.74, 6) is 0.129. The smallest absolute Gasteiger partial charge is 0.262 e. The number of hydrogen-bond donors (Lipinski definition) is 1. The van der Waals surface area contributed by atoms with Crippen LogP contribution in [0, 0.1) is 6.92 Å². The number of methoxy groups -OCH3 is 1. The third kappa shape index (κ3) is 5.34. The zero-order chi connectivity index (χ0) is 23.4. The molecule has 3 rings (SSSR count). The number of aromatic nitrogens is 2. The van der Waals surface area contributed by atoms with Gasteiger partial charge in [0, 0.05) is 17.8 Å². The highest BCUT2D eigenvalue weighted by Gasteiger charge is 2.21. The molecule has 3 aromatic rings. The van der Waals surface area contributed by atoms with Crippen molar-refractivity contribution in [1.82, 2.24) is 9.55 Å². The molecule has 1 unspecified atom stereocenters. The number of hydrogen-bond acceptors (Lipinski definition) is 5. The molecule has 170 valence electrons. The van der Waals surface area contributed by atoms with E-state index in [2.05, 4.69) is 24.1 Å². The number of ether oxygens (including phenoxy) is 1. The molecule has 1 amide bonds. The Morgan fingerprint density at radius 3 is 2.69 bits per heavy atom. The molecule has 1 aromatic heterocycles. The summed E-state index contributed by atoms with van der Waals surface area (Å²) in [7, 11) is 1.58. The molecule has 1 N–H and O–H groups in total. The van der Waals surface area contributed by atoms with E-state index in [-0.39, 0.29) is 17.4 Å². The topological polar surface area (TPSA) is 73.2 Å². The minimum Gasteiger partial charge on any atom is -0.383 e. The van der Waals surface area contributed by atoms with Gasteiger partial charge in [-0.15, -0.1) is 0 Å². The Hall–Kier alpha value is -2.35. The molecule has 0 saturated carbocycles. The van der Waals surface area contributed by atoms with Gasteiger partial charge in [-0.1, -0.05) is 55.4 Å². The van der Waals surface area contributed by atoms with Crippen LogP contribution in [0.2, 0.25) is 5.02 Å². The van der Waals surface area contributed by atoms with Crippen molar-refractivity contribution in [1.29, 1.82) is 0 Å². The number of fused-ring (bicyclic) bond motifs is 1. The fourth-order valence-corrected chi connectivity index (χ4v) is 4.52. The van der Waals surface area contributed by atoms with Gasteiger partial charge in [0.2, 0.25) is 5.91 Å². The number of thioether (sulfide) groups is 1. The van der Waals surface area contributed by atoms with Crippen LogP contribution in [0.5, 0.6) is 0 Å². The second-order valence-electron chi connectivity index (χ2n) is 7.95. The molecule has 0 aliphatic heterocycles. The summed E-state index contributed by atoms with van der Waals surface area (Å²) in [5.41, 5.74) is 3.27. The van der Waals surface area contributed by atoms with Crippen molar-refractivity contribution < 1.29 is 9.53 Å². The van der Waals surface area contributed by atoms with E-state index in [9.17, 15) is 9.59 Å². The molecular weight excluding hydrogens is 446 g/mol. The molecule has 8 heteroatoms. The van der Waals surface area contributed by atoms with E-state index in [1.54, 1.807) is 29.9 Å². The molecule has 0 bridgehead atoms. The molecule has 32 heavy (non-hydrogen) atoms. The van der Waals surface area contributed by atoms with Gasteiger partial charge < -0.3 is 10.1 Å². The second-order valence-corrected chi connectivity index (χ2v) is 9.69. The summed E-state index contributed by atoms with van der Waals surface area (Å²) >= 11 is 7.35. The lowest BCUT2D eigenvalue weighted by Crippen LogP contribution is -2.28. The quantitative estimate of drug-likeness (QED) is 0.357. The molecule has 1 atom stereocenters. The molecule has 0 aliphatic rings. The predicted octanol–water partition coefficient (Wildman–Crippen LogP) is 5.25. The Morgan fingerprint density at radius 1 is 1.25 bits per heavy atom. The highest BCUT2D eigenvalue weighted by Crippen LogP contribution is 2.29. The van der Waals surface area contributed by atoms with Gasteiger partial charge in [-0.05, 0) is 49.1 Å². The van der Waals surface area contributed by atoms with Crippen molar-refractivity contribution >= 4 is 45.9 Å². The number of nitrogens with zero attached hydrogens (tertiary/aromatic N) is 2. The van der Waals surface area contributed by atoms with Gasteiger partial charge in [0.25, 0.3) is 5.56 Å². The van der Waals surface area contributed by atoms with E-state index in [1.165, 1.54) is 11.8 Å². The van der Waals surface area contributed by atoms with E-state index in [0.717, 1.165) is 16.8 Å². The number of carbonyl (C=O) groups excluding carboxylic acids is 1. The lowest BCUT2D eigenvalue weighted by molar-refractivity contribution is -0.115. The van der Waals surface area contributed by atoms with Gasteiger partial charge in [0.05, 0.1) is 29.3 Å². The third-order valence-electron chi connectivity index (χ3n) is 5.23. The van der Waals surface area contributed by atoms with Crippen LogP contribution >= 0.6 is 23.4 Å². The van der Waals surface area contributed by atoms with Crippen molar-refractivity contribution in [2.24, 2.45) is 0 Å². The van der Waals surface area contributed by atoms with Crippen LogP contribution in [0.4, 0.5) is 5.69 Å². The van der Waals surface area contributed by atoms with Gasteiger partial charge in [0.1, 0.15) is 0 Å². The maximum Gasteiger partial charge on any atom is 0.262 e. The standard InChI is InChI=1S/C24H28ClN3O3S/c1-14(2)18-8-6-7-15(3)21(18)27-22(29)16(4)32-24-26-20-13-17(25)9-10-19(20)23(30)28(24)11-12-31-5/h6-10,13-14,16H,11-12H2,1-5H3,(H,27,29). The number of carbonyl (C=O) groups is 1. The van der Waals surface area contributed by atoms with Crippen molar-refractivity contribution in [3.63, 3.8) is 0 Å². The van der Waals surface area contributed by atoms with Crippen LogP contribution in [0.1, 0.15) is 37.8 Å². The monoisotopic (exact) mass is 473 g/mol. The number of amides is 1. The highest BCUT2D eigenvalue weighted by atomic mass is 35.5. The number of aryl methyl sites for hydroxylation is 1. The summed E-state index contributed by atoms with van der Waals surface area (Å²) < 4.78 is 6.73. The van der Waals surface area contributed by atoms with Crippen LogP contribution in [0.3, 0.4) is 0 Å². The van der Waals surface area contributed by atoms with E-state index in [4.69, 9.17) is 16.3 Å². The van der Waals surface area contributed by atoms with Crippen LogP contribution in [-0.4, -0.2) is 34.4 Å². The number of benzene rings is 2. The first-order chi connectivity index (χ1) is 15.2. The minimum absolute atomic E-state index is 0.148. The maximum atomic E-state index is 13.1. The zero-order valence-corrected chi connectivity index (χ0v) is 20.5. The Labute approximate surface area is 197 Å². The number of para-hydroxylation sites is 1. The number of halogens is 1. The number of anilines is 1. The summed E-state index contributed by atoms with van der Waals surface area (Å²) in [6.45, 7) is 8.68. The molecule has 0 radical (unpaired) electrons. The largest absolute Gasteiger partial charge is 0.383 e. The van der Waals surface area contributed by atoms with E-state index >= 15 is 0 Å². The molecule has 0 fully saturated rings. The lowest BCUT2D eigenvalue weighted by Gasteiger charge is -2.19. The fourth-order valence-electron chi connectivity index (χ4n) is 3.42. The normalized spacial score (nSPS) is 12.3. The predicted molar refractivity (Wildman–Crippen MR) is 132 cm³/mol. The van der Waals surface area contributed by atoms with Crippen LogP contribution in [-0.2, 0) is 16.1 Å². The van der Waals surface area contributed by atoms with Gasteiger partial charge in [-0.3, -0.25) is 14.2 Å². The van der Waals surface area contributed by atoms with Gasteiger partial charge in [0.15, 0.2) is 5.16 Å². The first-order valence-electron chi connectivity index (χ1n) is 10.5. The van der Waals surface area contributed by atoms with Crippen molar-refractivity contribution in [2.45, 2.75) is 50.6 Å². The first kappa shape index (κ1) is 24.3. The zero-order valence-electron chi connectivity index (χ0n) is 18.9. The molecule has 0 aliphatic carbocycles. The van der Waals surface area contributed by atoms with Gasteiger partial charge >= 0.3 is 0 Å². The SMILES string of the molecule is COCCn1c(SC(C)C(=O)Nc2c(C)cccc2C(C)C)nc2cc(Cl)ccc2c1=O. The molecule has 0 saturated heterocycles. The Morgan fingerprint density at radius 2 is 2.00 bits per heavy atom. The third-order valence-corrected chi connectivity index (χ3v) is 6.55. The number of nitrogens with one attached hydrogen (secondary N) is 1. The van der Waals surface area contributed by atoms with Crippen molar-refractivity contribution in [3.05, 3.63) is 62.9 Å². The van der Waals surface area contributed by atoms with E-state index < -0.39 is 5.25 Å². The average Bonchev–Trinajstić information content (AvgIpc) is 2.74. The fraction of sp³-hybridized carbons (Fsp3) is 0.375. The molecular formula is C24H28ClN3O3S. The molecule has 1 heterocycles. The van der Waals surface area contributed by atoms with Gasteiger partial charge in [-0.2, -0.15) is 0 Å². The average molecular weight is 474 g/mol. The summed E-state index contributed by atoms with van der Waals surface area (Å²) in [5, 5.41) is 4.04. The molecule has 6 nitrogen and oxygen atoms in total. The van der Waals surface area contributed by atoms with Crippen molar-refractivity contribution in [2.75, 3.05) is 19.0 Å². The molecule has 0 spiro atoms. The number of rotatable bonds is 8. The Balaban J connectivity index is 1.93. The summed E-state index contributed by atoms with van der Waals surface area (Å²) in [6, 6.07) is 11.0. The minimum atomic E-state index is -0.480. The summed E-state index contributed by atoms with van der Waals surface area (Å²) in [6.07, 6.45) is 0. The Bertz CT molecular complexity index is 1190. The van der Waals surface area contributed by atoms with Crippen LogP contribution in [0.25, 0.3) is 10.9 Å². The first-order valence-corrected chi connectivity index (χ1v) is 11.7. The molecule has 2 aromatic carbocycles. The lowest BCUT2D eigenvalue weighted by atomic mass is 9.98. The highest BCUT2D eigenvalue weighted by molar-refractivity contribution is 8.00. The van der Waals surface area contributed by atoms with Crippen LogP contribution in [0.15, 0.2) is 46.3 Å². The Kier molecular flexibility index (Phi) is 7.98. The van der Waals surface area contributed by atoms with E-state index in [0.29, 0.717) is 34.2 Å².